The van der Waals surface area contributed by atoms with Crippen LogP contribution < -0.4 is 10.0 Å². The Hall–Kier alpha value is 0.120. The van der Waals surface area contributed by atoms with E-state index in [2.05, 4.69) is 10.0 Å². The van der Waals surface area contributed by atoms with Gasteiger partial charge in [-0.2, -0.15) is 12.7 Å². The summed E-state index contributed by atoms with van der Waals surface area (Å²) in [5.41, 5.74) is 0. The highest BCUT2D eigenvalue weighted by atomic mass is 35.5. The maximum absolute atomic E-state index is 12.0. The lowest BCUT2D eigenvalue weighted by molar-refractivity contribution is 0.322. The highest BCUT2D eigenvalue weighted by molar-refractivity contribution is 7.87. The highest BCUT2D eigenvalue weighted by Crippen LogP contribution is 2.32. The molecule has 1 atom stereocenters. The van der Waals surface area contributed by atoms with Crippen molar-refractivity contribution in [2.24, 2.45) is 0 Å². The van der Waals surface area contributed by atoms with Crippen molar-refractivity contribution in [1.29, 1.82) is 0 Å². The van der Waals surface area contributed by atoms with Gasteiger partial charge in [-0.1, -0.05) is 6.92 Å². The Balaban J connectivity index is 0.00000128. The molecular weight excluding hydrogens is 250 g/mol. The summed E-state index contributed by atoms with van der Waals surface area (Å²) in [6.45, 7) is 4.00. The monoisotopic (exact) mass is 269 g/mol. The van der Waals surface area contributed by atoms with Crippen molar-refractivity contribution < 1.29 is 8.42 Å². The Morgan fingerprint density at radius 1 is 1.31 bits per heavy atom. The van der Waals surface area contributed by atoms with Crippen LogP contribution in [0, 0.1) is 0 Å². The zero-order chi connectivity index (χ0) is 10.9. The molecule has 16 heavy (non-hydrogen) atoms. The van der Waals surface area contributed by atoms with Crippen LogP contribution >= 0.6 is 12.4 Å². The van der Waals surface area contributed by atoms with Crippen LogP contribution in [0.5, 0.6) is 0 Å². The highest BCUT2D eigenvalue weighted by Gasteiger charge is 2.42. The molecule has 1 aliphatic carbocycles. The number of hydrogen-bond donors (Lipinski definition) is 2. The minimum atomic E-state index is -3.25. The van der Waals surface area contributed by atoms with Crippen LogP contribution in [0.25, 0.3) is 0 Å². The van der Waals surface area contributed by atoms with Crippen molar-refractivity contribution in [1.82, 2.24) is 14.3 Å². The fraction of sp³-hybridized carbons (Fsp3) is 1.00. The lowest BCUT2D eigenvalue weighted by Gasteiger charge is -2.27. The average molecular weight is 270 g/mol. The van der Waals surface area contributed by atoms with E-state index in [1.807, 2.05) is 6.92 Å². The number of hydrogen-bond acceptors (Lipinski definition) is 3. The molecule has 1 saturated heterocycles. The first kappa shape index (κ1) is 14.2. The van der Waals surface area contributed by atoms with Crippen molar-refractivity contribution in [2.75, 3.05) is 19.6 Å². The van der Waals surface area contributed by atoms with Gasteiger partial charge < -0.3 is 5.32 Å². The molecule has 1 unspecified atom stereocenters. The van der Waals surface area contributed by atoms with Gasteiger partial charge in [0.25, 0.3) is 10.2 Å². The van der Waals surface area contributed by atoms with Gasteiger partial charge in [0.15, 0.2) is 0 Å². The van der Waals surface area contributed by atoms with Gasteiger partial charge in [-0.25, -0.2) is 4.72 Å². The second kappa shape index (κ2) is 5.64. The van der Waals surface area contributed by atoms with Gasteiger partial charge in [0, 0.05) is 25.2 Å². The van der Waals surface area contributed by atoms with Crippen LogP contribution in [0.4, 0.5) is 0 Å². The Kier molecular flexibility index (Phi) is 5.00. The summed E-state index contributed by atoms with van der Waals surface area (Å²) in [6, 6.07) is 0.403. The molecule has 2 N–H and O–H groups in total. The first-order chi connectivity index (χ1) is 7.15. The third kappa shape index (κ3) is 3.07. The molecular formula is C9H20ClN3O2S. The summed E-state index contributed by atoms with van der Waals surface area (Å²) in [5.74, 6) is 0. The Morgan fingerprint density at radius 3 is 2.44 bits per heavy atom. The zero-order valence-electron chi connectivity index (χ0n) is 9.48. The number of rotatable bonds is 5. The molecule has 0 amide bonds. The molecule has 0 aromatic rings. The molecule has 7 heteroatoms. The van der Waals surface area contributed by atoms with Gasteiger partial charge in [-0.3, -0.25) is 0 Å². The van der Waals surface area contributed by atoms with E-state index in [-0.39, 0.29) is 24.5 Å². The maximum Gasteiger partial charge on any atom is 0.279 e. The molecule has 5 nitrogen and oxygen atoms in total. The molecule has 0 bridgehead atoms. The van der Waals surface area contributed by atoms with Crippen LogP contribution in [0.3, 0.4) is 0 Å². The smallest absolute Gasteiger partial charge is 0.279 e. The quantitative estimate of drug-likeness (QED) is 0.744. The lowest BCUT2D eigenvalue weighted by Crippen LogP contribution is -2.48. The Bertz CT molecular complexity index is 313. The Labute approximate surface area is 104 Å². The average Bonchev–Trinajstić information content (AvgIpc) is 2.80. The molecule has 0 radical (unpaired) electrons. The zero-order valence-corrected chi connectivity index (χ0v) is 11.1. The number of nitrogens with one attached hydrogen (secondary N) is 2. The molecule has 1 heterocycles. The van der Waals surface area contributed by atoms with E-state index in [0.717, 1.165) is 32.4 Å². The van der Waals surface area contributed by atoms with Gasteiger partial charge in [-0.15, -0.1) is 12.4 Å². The van der Waals surface area contributed by atoms with E-state index >= 15 is 0 Å². The molecule has 1 aliphatic heterocycles. The molecule has 0 spiro atoms. The van der Waals surface area contributed by atoms with E-state index in [4.69, 9.17) is 0 Å². The van der Waals surface area contributed by atoms with Crippen LogP contribution in [0.15, 0.2) is 0 Å². The minimum Gasteiger partial charge on any atom is -0.315 e. The minimum absolute atomic E-state index is 0. The second-order valence-corrected chi connectivity index (χ2v) is 5.87. The SMILES string of the molecule is CCNS(=O)(=O)N(C1CC1)C1CCNC1.Cl. The van der Waals surface area contributed by atoms with Crippen LogP contribution in [0.2, 0.25) is 0 Å². The van der Waals surface area contributed by atoms with Crippen molar-refractivity contribution in [2.45, 2.75) is 38.3 Å². The van der Waals surface area contributed by atoms with Crippen molar-refractivity contribution in [3.8, 4) is 0 Å². The standard InChI is InChI=1S/C9H19N3O2S.ClH/c1-2-11-15(13,14)12(8-3-4-8)9-5-6-10-7-9;/h8-11H,2-7H2,1H3;1H. The van der Waals surface area contributed by atoms with Crippen LogP contribution in [-0.2, 0) is 10.2 Å². The van der Waals surface area contributed by atoms with Crippen molar-refractivity contribution in [3.63, 3.8) is 0 Å². The van der Waals surface area contributed by atoms with E-state index in [1.54, 1.807) is 4.31 Å². The third-order valence-corrected chi connectivity index (χ3v) is 4.71. The predicted molar refractivity (Wildman–Crippen MR) is 66.0 cm³/mol. The van der Waals surface area contributed by atoms with Crippen LogP contribution in [0.1, 0.15) is 26.2 Å². The van der Waals surface area contributed by atoms with E-state index < -0.39 is 10.2 Å². The van der Waals surface area contributed by atoms with E-state index in [1.165, 1.54) is 0 Å². The third-order valence-electron chi connectivity index (χ3n) is 2.91. The number of halogens is 1. The molecule has 2 aliphatic rings. The summed E-state index contributed by atoms with van der Waals surface area (Å²) < 4.78 is 28.3. The lowest BCUT2D eigenvalue weighted by atomic mass is 10.2. The summed E-state index contributed by atoms with van der Waals surface area (Å²) in [5, 5.41) is 3.22. The van der Waals surface area contributed by atoms with E-state index in [9.17, 15) is 8.42 Å². The van der Waals surface area contributed by atoms with Crippen molar-refractivity contribution >= 4 is 22.6 Å². The summed E-state index contributed by atoms with van der Waals surface area (Å²) in [4.78, 5) is 0. The fourth-order valence-corrected chi connectivity index (χ4v) is 3.82. The summed E-state index contributed by atoms with van der Waals surface area (Å²) in [7, 11) is -3.25. The molecule has 96 valence electrons. The van der Waals surface area contributed by atoms with Gasteiger partial charge in [0.1, 0.15) is 0 Å². The summed E-state index contributed by atoms with van der Waals surface area (Å²) >= 11 is 0. The predicted octanol–water partition coefficient (Wildman–Crippen LogP) is 0.0888. The fourth-order valence-electron chi connectivity index (χ4n) is 2.13. The topological polar surface area (TPSA) is 61.4 Å². The first-order valence-electron chi connectivity index (χ1n) is 5.64. The summed E-state index contributed by atoms with van der Waals surface area (Å²) in [6.07, 6.45) is 2.96. The van der Waals surface area contributed by atoms with Gasteiger partial charge in [0.05, 0.1) is 0 Å². The van der Waals surface area contributed by atoms with Crippen LogP contribution in [-0.4, -0.2) is 44.4 Å². The van der Waals surface area contributed by atoms with Crippen molar-refractivity contribution in [3.05, 3.63) is 0 Å². The van der Waals surface area contributed by atoms with Gasteiger partial charge >= 0.3 is 0 Å². The second-order valence-electron chi connectivity index (χ2n) is 4.21. The first-order valence-corrected chi connectivity index (χ1v) is 7.08. The molecule has 2 rings (SSSR count). The number of nitrogens with zero attached hydrogens (tertiary/aromatic N) is 1. The van der Waals surface area contributed by atoms with Gasteiger partial charge in [0.2, 0.25) is 0 Å². The largest absolute Gasteiger partial charge is 0.315 e. The molecule has 0 aromatic heterocycles. The maximum atomic E-state index is 12.0. The van der Waals surface area contributed by atoms with Gasteiger partial charge in [-0.05, 0) is 25.8 Å². The normalized spacial score (nSPS) is 25.8. The molecule has 1 saturated carbocycles. The van der Waals surface area contributed by atoms with E-state index in [0.29, 0.717) is 6.54 Å². The molecule has 0 aromatic carbocycles. The molecule has 2 fully saturated rings. The Morgan fingerprint density at radius 2 is 2.00 bits per heavy atom.